The van der Waals surface area contributed by atoms with Crippen molar-refractivity contribution >= 4 is 9.84 Å². The number of hydrogen-bond donors (Lipinski definition) is 1. The highest BCUT2D eigenvalue weighted by Crippen LogP contribution is 2.14. The zero-order valence-electron chi connectivity index (χ0n) is 10.9. The van der Waals surface area contributed by atoms with Crippen molar-refractivity contribution in [2.24, 2.45) is 0 Å². The lowest BCUT2D eigenvalue weighted by molar-refractivity contribution is 0.0117. The van der Waals surface area contributed by atoms with Crippen molar-refractivity contribution in [3.8, 4) is 0 Å². The predicted molar refractivity (Wildman–Crippen MR) is 70.0 cm³/mol. The summed E-state index contributed by atoms with van der Waals surface area (Å²) in [5, 5.41) is 2.91. The van der Waals surface area contributed by atoms with E-state index in [9.17, 15) is 8.42 Å². The van der Waals surface area contributed by atoms with Gasteiger partial charge in [0.15, 0.2) is 9.84 Å². The highest BCUT2D eigenvalue weighted by Gasteiger charge is 2.16. The molecule has 1 fully saturated rings. The van der Waals surface area contributed by atoms with Crippen LogP contribution in [0.1, 0.15) is 39.5 Å². The van der Waals surface area contributed by atoms with Crippen molar-refractivity contribution in [2.45, 2.75) is 50.9 Å². The molecule has 1 rings (SSSR count). The minimum atomic E-state index is -2.90. The Balaban J connectivity index is 2.04. The Hall–Kier alpha value is -0.130. The molecular formula is C12H25NO3S. The van der Waals surface area contributed by atoms with Crippen LogP contribution in [0.25, 0.3) is 0 Å². The smallest absolute Gasteiger partial charge is 0.153 e. The third-order valence-corrected chi connectivity index (χ3v) is 5.41. The van der Waals surface area contributed by atoms with Gasteiger partial charge in [-0.3, -0.25) is 0 Å². The largest absolute Gasteiger partial charge is 0.378 e. The summed E-state index contributed by atoms with van der Waals surface area (Å²) in [6, 6.07) is 0. The van der Waals surface area contributed by atoms with Gasteiger partial charge in [-0.1, -0.05) is 0 Å². The van der Waals surface area contributed by atoms with E-state index in [2.05, 4.69) is 5.32 Å². The van der Waals surface area contributed by atoms with Gasteiger partial charge >= 0.3 is 0 Å². The topological polar surface area (TPSA) is 55.4 Å². The van der Waals surface area contributed by atoms with Gasteiger partial charge in [-0.2, -0.15) is 0 Å². The van der Waals surface area contributed by atoms with Crippen molar-refractivity contribution in [3.05, 3.63) is 0 Å². The number of nitrogens with one attached hydrogen (secondary N) is 1. The van der Waals surface area contributed by atoms with E-state index in [1.165, 1.54) is 12.8 Å². The van der Waals surface area contributed by atoms with Crippen LogP contribution in [0.2, 0.25) is 0 Å². The first-order chi connectivity index (χ1) is 8.02. The van der Waals surface area contributed by atoms with Gasteiger partial charge in [-0.25, -0.2) is 8.42 Å². The van der Waals surface area contributed by atoms with E-state index in [-0.39, 0.29) is 11.0 Å². The molecule has 0 saturated carbocycles. The molecule has 17 heavy (non-hydrogen) atoms. The van der Waals surface area contributed by atoms with Crippen LogP contribution in [0.5, 0.6) is 0 Å². The molecule has 0 spiro atoms. The van der Waals surface area contributed by atoms with E-state index in [1.54, 1.807) is 13.8 Å². The molecule has 1 atom stereocenters. The molecule has 1 unspecified atom stereocenters. The van der Waals surface area contributed by atoms with Crippen molar-refractivity contribution < 1.29 is 13.2 Å². The monoisotopic (exact) mass is 263 g/mol. The lowest BCUT2D eigenvalue weighted by Crippen LogP contribution is -2.30. The highest BCUT2D eigenvalue weighted by molar-refractivity contribution is 7.92. The van der Waals surface area contributed by atoms with Crippen LogP contribution < -0.4 is 5.32 Å². The van der Waals surface area contributed by atoms with Gasteiger partial charge in [-0.05, 0) is 46.1 Å². The maximum Gasteiger partial charge on any atom is 0.153 e. The molecule has 1 saturated heterocycles. The standard InChI is InChI=1S/C12H25NO3S/c1-11(2)17(14,15)10-8-13-7-6-12-5-3-4-9-16-12/h11-13H,3-10H2,1-2H3. The summed E-state index contributed by atoms with van der Waals surface area (Å²) in [5.41, 5.74) is 0. The van der Waals surface area contributed by atoms with Gasteiger partial charge in [0, 0.05) is 13.2 Å². The first-order valence-corrected chi connectivity index (χ1v) is 8.28. The van der Waals surface area contributed by atoms with Crippen molar-refractivity contribution in [1.29, 1.82) is 0 Å². The number of ether oxygens (including phenoxy) is 1. The minimum Gasteiger partial charge on any atom is -0.378 e. The molecule has 0 radical (unpaired) electrons. The number of rotatable bonds is 7. The molecule has 0 aromatic rings. The van der Waals surface area contributed by atoms with Crippen molar-refractivity contribution in [1.82, 2.24) is 5.32 Å². The number of hydrogen-bond acceptors (Lipinski definition) is 4. The summed E-state index contributed by atoms with van der Waals surface area (Å²) in [6.45, 7) is 5.73. The first-order valence-electron chi connectivity index (χ1n) is 6.56. The Kier molecular flexibility index (Phi) is 6.44. The Labute approximate surface area is 105 Å². The van der Waals surface area contributed by atoms with Crippen LogP contribution in [0.15, 0.2) is 0 Å². The molecule has 1 aliphatic heterocycles. The lowest BCUT2D eigenvalue weighted by Gasteiger charge is -2.22. The van der Waals surface area contributed by atoms with E-state index < -0.39 is 9.84 Å². The van der Waals surface area contributed by atoms with Gasteiger partial charge < -0.3 is 10.1 Å². The fraction of sp³-hybridized carbons (Fsp3) is 1.00. The predicted octanol–water partition coefficient (Wildman–Crippen LogP) is 1.36. The van der Waals surface area contributed by atoms with Gasteiger partial charge in [0.25, 0.3) is 0 Å². The molecule has 4 nitrogen and oxygen atoms in total. The van der Waals surface area contributed by atoms with E-state index in [1.807, 2.05) is 0 Å². The third kappa shape index (κ3) is 5.84. The van der Waals surface area contributed by atoms with Gasteiger partial charge in [-0.15, -0.1) is 0 Å². The Bertz CT molecular complexity index is 295. The Morgan fingerprint density at radius 1 is 1.29 bits per heavy atom. The second kappa shape index (κ2) is 7.34. The minimum absolute atomic E-state index is 0.232. The van der Waals surface area contributed by atoms with E-state index in [0.717, 1.165) is 26.0 Å². The summed E-state index contributed by atoms with van der Waals surface area (Å²) >= 11 is 0. The van der Waals surface area contributed by atoms with Gasteiger partial charge in [0.2, 0.25) is 0 Å². The normalized spacial score (nSPS) is 21.9. The van der Waals surface area contributed by atoms with Crippen molar-refractivity contribution in [3.63, 3.8) is 0 Å². The summed E-state index contributed by atoms with van der Waals surface area (Å²) in [6.07, 6.45) is 4.94. The average Bonchev–Trinajstić information content (AvgIpc) is 2.29. The van der Waals surface area contributed by atoms with Gasteiger partial charge in [0.1, 0.15) is 0 Å². The molecule has 102 valence electrons. The SMILES string of the molecule is CC(C)S(=O)(=O)CCNCCC1CCCCO1. The zero-order chi connectivity index (χ0) is 12.7. The maximum absolute atomic E-state index is 11.5. The van der Waals surface area contributed by atoms with Crippen LogP contribution in [-0.4, -0.2) is 45.2 Å². The fourth-order valence-corrected chi connectivity index (χ4v) is 2.77. The van der Waals surface area contributed by atoms with Crippen LogP contribution in [0, 0.1) is 0 Å². The number of sulfone groups is 1. The average molecular weight is 263 g/mol. The molecule has 1 heterocycles. The summed E-state index contributed by atoms with van der Waals surface area (Å²) in [5.74, 6) is 0.232. The summed E-state index contributed by atoms with van der Waals surface area (Å²) in [4.78, 5) is 0. The summed E-state index contributed by atoms with van der Waals surface area (Å²) in [7, 11) is -2.90. The van der Waals surface area contributed by atoms with E-state index in [0.29, 0.717) is 12.6 Å². The van der Waals surface area contributed by atoms with E-state index in [4.69, 9.17) is 4.74 Å². The highest BCUT2D eigenvalue weighted by atomic mass is 32.2. The Morgan fingerprint density at radius 2 is 2.06 bits per heavy atom. The molecule has 5 heteroatoms. The fourth-order valence-electron chi connectivity index (χ4n) is 1.87. The first kappa shape index (κ1) is 14.9. The summed E-state index contributed by atoms with van der Waals surface area (Å²) < 4.78 is 28.7. The van der Waals surface area contributed by atoms with Crippen LogP contribution in [0.3, 0.4) is 0 Å². The molecule has 0 amide bonds. The molecule has 0 aliphatic carbocycles. The maximum atomic E-state index is 11.5. The van der Waals surface area contributed by atoms with Crippen LogP contribution in [0.4, 0.5) is 0 Å². The van der Waals surface area contributed by atoms with Gasteiger partial charge in [0.05, 0.1) is 17.1 Å². The molecule has 0 aromatic carbocycles. The third-order valence-electron chi connectivity index (χ3n) is 3.20. The quantitative estimate of drug-likeness (QED) is 0.705. The van der Waals surface area contributed by atoms with Crippen LogP contribution >= 0.6 is 0 Å². The second-order valence-corrected chi connectivity index (χ2v) is 7.62. The lowest BCUT2D eigenvalue weighted by atomic mass is 10.1. The second-order valence-electron chi connectivity index (χ2n) is 4.94. The molecular weight excluding hydrogens is 238 g/mol. The van der Waals surface area contributed by atoms with Crippen molar-refractivity contribution in [2.75, 3.05) is 25.4 Å². The molecule has 0 bridgehead atoms. The molecule has 1 N–H and O–H groups in total. The molecule has 1 aliphatic rings. The Morgan fingerprint density at radius 3 is 2.65 bits per heavy atom. The zero-order valence-corrected chi connectivity index (χ0v) is 11.8. The molecule has 0 aromatic heterocycles. The van der Waals surface area contributed by atoms with Crippen LogP contribution in [-0.2, 0) is 14.6 Å². The van der Waals surface area contributed by atoms with E-state index >= 15 is 0 Å².